The molecule has 4 heterocycles. The van der Waals surface area contributed by atoms with Gasteiger partial charge in [-0.1, -0.05) is 18.7 Å². The van der Waals surface area contributed by atoms with Crippen molar-refractivity contribution in [2.75, 3.05) is 73.9 Å². The molecule has 1 saturated heterocycles. The number of nitrogens with one attached hydrogen (secondary N) is 1. The lowest BCUT2D eigenvalue weighted by molar-refractivity contribution is -0.114. The van der Waals surface area contributed by atoms with E-state index < -0.39 is 0 Å². The Morgan fingerprint density at radius 1 is 1.07 bits per heavy atom. The number of ether oxygens (including phenoxy) is 1. The number of rotatable bonds is 6. The lowest BCUT2D eigenvalue weighted by atomic mass is 9.93. The SMILES string of the molecule is C=CC(=O)N1CC[C@H](N2Cc3cnc(Nc4ccc(N5CCN(C)CC5)cc4)nc3N(C)C2=O)c2cccc(OC)c21. The number of fused-ring (bicyclic) bond motifs is 2. The molecule has 1 aromatic heterocycles. The number of likely N-dealkylation sites (N-methyl/N-ethyl adjacent to an activating group) is 1. The van der Waals surface area contributed by atoms with Crippen LogP contribution in [0.4, 0.5) is 33.6 Å². The van der Waals surface area contributed by atoms with Crippen LogP contribution in [0.2, 0.25) is 0 Å². The van der Waals surface area contributed by atoms with Crippen molar-refractivity contribution in [3.8, 4) is 5.75 Å². The molecule has 3 amide bonds. The molecule has 1 fully saturated rings. The van der Waals surface area contributed by atoms with Gasteiger partial charge in [0.05, 0.1) is 25.4 Å². The van der Waals surface area contributed by atoms with E-state index in [0.717, 1.165) is 43.0 Å². The fourth-order valence-corrected chi connectivity index (χ4v) is 6.02. The van der Waals surface area contributed by atoms with Gasteiger partial charge in [-0.3, -0.25) is 9.69 Å². The van der Waals surface area contributed by atoms with Gasteiger partial charge in [0.25, 0.3) is 0 Å². The highest BCUT2D eigenvalue weighted by molar-refractivity contribution is 6.03. The minimum Gasteiger partial charge on any atom is -0.495 e. The number of hydrogen-bond donors (Lipinski definition) is 1. The minimum absolute atomic E-state index is 0.161. The fourth-order valence-electron chi connectivity index (χ4n) is 6.02. The first-order valence-corrected chi connectivity index (χ1v) is 14.2. The zero-order valence-electron chi connectivity index (χ0n) is 24.3. The molecule has 11 nitrogen and oxygen atoms in total. The zero-order chi connectivity index (χ0) is 29.4. The lowest BCUT2D eigenvalue weighted by Crippen LogP contribution is -2.49. The van der Waals surface area contributed by atoms with Gasteiger partial charge in [-0.2, -0.15) is 4.98 Å². The van der Waals surface area contributed by atoms with Crippen molar-refractivity contribution in [2.24, 2.45) is 0 Å². The molecule has 0 saturated carbocycles. The lowest BCUT2D eigenvalue weighted by Gasteiger charge is -2.43. The van der Waals surface area contributed by atoms with E-state index >= 15 is 0 Å². The molecule has 6 rings (SSSR count). The quantitative estimate of drug-likeness (QED) is 0.446. The average molecular weight is 569 g/mol. The smallest absolute Gasteiger partial charge is 0.326 e. The average Bonchev–Trinajstić information content (AvgIpc) is 3.02. The van der Waals surface area contributed by atoms with Crippen molar-refractivity contribution >= 4 is 40.8 Å². The molecule has 11 heteroatoms. The van der Waals surface area contributed by atoms with Crippen LogP contribution >= 0.6 is 0 Å². The molecule has 0 radical (unpaired) electrons. The summed E-state index contributed by atoms with van der Waals surface area (Å²) < 4.78 is 5.61. The standard InChI is InChI=1S/C31H36N8O3/c1-5-27(40)38-14-13-25(24-7-6-8-26(42-4)28(24)38)39-20-21-19-32-30(34-29(21)36(3)31(39)41)33-22-9-11-23(12-10-22)37-17-15-35(2)16-18-37/h5-12,19,25H,1,13-18,20H2,2-4H3,(H,32,33,34)/t25-/m0/s1. The van der Waals surface area contributed by atoms with E-state index in [1.54, 1.807) is 30.2 Å². The van der Waals surface area contributed by atoms with Crippen molar-refractivity contribution in [2.45, 2.75) is 19.0 Å². The van der Waals surface area contributed by atoms with Crippen molar-refractivity contribution < 1.29 is 14.3 Å². The van der Waals surface area contributed by atoms with Crippen molar-refractivity contribution in [3.63, 3.8) is 0 Å². The van der Waals surface area contributed by atoms with Crippen molar-refractivity contribution in [1.29, 1.82) is 0 Å². The van der Waals surface area contributed by atoms with Crippen LogP contribution in [0.3, 0.4) is 0 Å². The van der Waals surface area contributed by atoms with Crippen LogP contribution in [0.5, 0.6) is 5.75 Å². The second-order valence-electron chi connectivity index (χ2n) is 10.9. The summed E-state index contributed by atoms with van der Waals surface area (Å²) in [5.74, 6) is 1.39. The van der Waals surface area contributed by atoms with Crippen LogP contribution < -0.4 is 24.8 Å². The maximum atomic E-state index is 13.7. The summed E-state index contributed by atoms with van der Waals surface area (Å²) in [4.78, 5) is 45.5. The molecule has 3 aliphatic rings. The summed E-state index contributed by atoms with van der Waals surface area (Å²) in [5, 5.41) is 3.29. The summed E-state index contributed by atoms with van der Waals surface area (Å²) in [7, 11) is 5.47. The van der Waals surface area contributed by atoms with Gasteiger partial charge in [0.15, 0.2) is 0 Å². The summed E-state index contributed by atoms with van der Waals surface area (Å²) in [6.07, 6.45) is 3.67. The van der Waals surface area contributed by atoms with Crippen LogP contribution in [0.25, 0.3) is 0 Å². The van der Waals surface area contributed by atoms with E-state index in [1.165, 1.54) is 11.8 Å². The Balaban J connectivity index is 1.21. The Labute approximate surface area is 246 Å². The van der Waals surface area contributed by atoms with Crippen LogP contribution in [0.15, 0.2) is 61.3 Å². The number of nitrogens with zero attached hydrogens (tertiary/aromatic N) is 7. The van der Waals surface area contributed by atoms with E-state index in [2.05, 4.69) is 45.9 Å². The van der Waals surface area contributed by atoms with Gasteiger partial charge in [0, 0.05) is 68.5 Å². The summed E-state index contributed by atoms with van der Waals surface area (Å²) >= 11 is 0. The minimum atomic E-state index is -0.247. The first-order chi connectivity index (χ1) is 20.4. The highest BCUT2D eigenvalue weighted by atomic mass is 16.5. The molecule has 0 bridgehead atoms. The Morgan fingerprint density at radius 2 is 1.83 bits per heavy atom. The largest absolute Gasteiger partial charge is 0.495 e. The monoisotopic (exact) mass is 568 g/mol. The Kier molecular flexibility index (Phi) is 7.42. The number of anilines is 5. The van der Waals surface area contributed by atoms with E-state index in [0.29, 0.717) is 42.7 Å². The van der Waals surface area contributed by atoms with E-state index in [9.17, 15) is 9.59 Å². The number of benzene rings is 2. The van der Waals surface area contributed by atoms with Gasteiger partial charge >= 0.3 is 6.03 Å². The number of urea groups is 1. The highest BCUT2D eigenvalue weighted by Crippen LogP contribution is 2.45. The highest BCUT2D eigenvalue weighted by Gasteiger charge is 2.39. The van der Waals surface area contributed by atoms with Crippen LogP contribution in [-0.4, -0.2) is 85.6 Å². The van der Waals surface area contributed by atoms with E-state index in [-0.39, 0.29) is 18.0 Å². The summed E-state index contributed by atoms with van der Waals surface area (Å²) in [6, 6.07) is 13.5. The molecule has 0 aliphatic carbocycles. The van der Waals surface area contributed by atoms with Gasteiger partial charge in [-0.25, -0.2) is 9.78 Å². The number of hydrogen-bond acceptors (Lipinski definition) is 8. The third-order valence-electron chi connectivity index (χ3n) is 8.35. The number of amides is 3. The topological polar surface area (TPSA) is 97.4 Å². The van der Waals surface area contributed by atoms with Gasteiger partial charge in [-0.05, 0) is 49.9 Å². The van der Waals surface area contributed by atoms with Gasteiger partial charge in [0.2, 0.25) is 11.9 Å². The van der Waals surface area contributed by atoms with Crippen LogP contribution in [0.1, 0.15) is 23.6 Å². The first-order valence-electron chi connectivity index (χ1n) is 14.2. The number of piperazine rings is 1. The number of para-hydroxylation sites is 1. The number of carbonyl (C=O) groups excluding carboxylic acids is 2. The van der Waals surface area contributed by atoms with E-state index in [1.807, 2.05) is 35.2 Å². The third-order valence-corrected chi connectivity index (χ3v) is 8.35. The van der Waals surface area contributed by atoms with Gasteiger partial charge in [-0.15, -0.1) is 0 Å². The second-order valence-corrected chi connectivity index (χ2v) is 10.9. The second kappa shape index (κ2) is 11.3. The molecule has 3 aliphatic heterocycles. The fraction of sp³-hybridized carbons (Fsp3) is 0.355. The number of carbonyl (C=O) groups is 2. The predicted molar refractivity (Wildman–Crippen MR) is 164 cm³/mol. The molecule has 2 aromatic carbocycles. The Bertz CT molecular complexity index is 1500. The maximum Gasteiger partial charge on any atom is 0.326 e. The maximum absolute atomic E-state index is 13.7. The Hall–Kier alpha value is -4.64. The van der Waals surface area contributed by atoms with E-state index in [4.69, 9.17) is 9.72 Å². The van der Waals surface area contributed by atoms with Crippen molar-refractivity contribution in [1.82, 2.24) is 19.8 Å². The number of aromatic nitrogens is 2. The van der Waals surface area contributed by atoms with Gasteiger partial charge in [0.1, 0.15) is 11.6 Å². The molecular weight excluding hydrogens is 532 g/mol. The molecule has 0 unspecified atom stereocenters. The third kappa shape index (κ3) is 5.00. The van der Waals surface area contributed by atoms with Gasteiger partial charge < -0.3 is 29.7 Å². The zero-order valence-corrected chi connectivity index (χ0v) is 24.3. The molecule has 218 valence electrons. The normalized spacial score (nSPS) is 18.8. The van der Waals surface area contributed by atoms with Crippen LogP contribution in [0, 0.1) is 0 Å². The summed E-state index contributed by atoms with van der Waals surface area (Å²) in [6.45, 7) is 8.59. The Morgan fingerprint density at radius 3 is 2.55 bits per heavy atom. The molecule has 0 spiro atoms. The molecule has 3 aromatic rings. The molecule has 1 N–H and O–H groups in total. The molecular formula is C31H36N8O3. The summed E-state index contributed by atoms with van der Waals surface area (Å²) in [5.41, 5.74) is 4.47. The molecule has 42 heavy (non-hydrogen) atoms. The van der Waals surface area contributed by atoms with Crippen LogP contribution in [-0.2, 0) is 11.3 Å². The van der Waals surface area contributed by atoms with Crippen molar-refractivity contribution in [3.05, 3.63) is 72.4 Å². The molecule has 1 atom stereocenters. The number of methoxy groups -OCH3 is 1. The first kappa shape index (κ1) is 27.5. The predicted octanol–water partition coefficient (Wildman–Crippen LogP) is 4.02.